The maximum absolute atomic E-state index is 12.1. The molecule has 1 fully saturated rings. The van der Waals surface area contributed by atoms with Crippen LogP contribution in [0.2, 0.25) is 0 Å². The van der Waals surface area contributed by atoms with Gasteiger partial charge in [0.2, 0.25) is 0 Å². The second-order valence-corrected chi connectivity index (χ2v) is 5.77. The summed E-state index contributed by atoms with van der Waals surface area (Å²) in [6, 6.07) is 5.10. The second-order valence-electron chi connectivity index (χ2n) is 4.92. The molecule has 0 spiro atoms. The number of carbonyl (C=O) groups is 2. The molecule has 1 aromatic carbocycles. The average molecular weight is 326 g/mol. The maximum Gasteiger partial charge on any atom is 0.308 e. The Bertz CT molecular complexity index is 515. The minimum absolute atomic E-state index is 0.200. The van der Waals surface area contributed by atoms with Crippen LogP contribution in [0, 0.1) is 12.8 Å². The Morgan fingerprint density at radius 3 is 2.74 bits per heavy atom. The number of halogens is 1. The van der Waals surface area contributed by atoms with Gasteiger partial charge in [-0.3, -0.25) is 9.59 Å². The molecule has 0 saturated heterocycles. The fourth-order valence-electron chi connectivity index (χ4n) is 2.47. The number of amides is 1. The molecular weight excluding hydrogens is 310 g/mol. The lowest BCUT2D eigenvalue weighted by molar-refractivity contribution is -0.142. The topological polar surface area (TPSA) is 66.4 Å². The number of aryl methyl sites for hydroxylation is 1. The van der Waals surface area contributed by atoms with Gasteiger partial charge in [0.05, 0.1) is 5.92 Å². The van der Waals surface area contributed by atoms with Gasteiger partial charge in [-0.05, 0) is 43.5 Å². The molecule has 102 valence electrons. The van der Waals surface area contributed by atoms with Crippen LogP contribution in [0.25, 0.3) is 0 Å². The van der Waals surface area contributed by atoms with E-state index in [-0.39, 0.29) is 11.9 Å². The first-order chi connectivity index (χ1) is 8.99. The summed E-state index contributed by atoms with van der Waals surface area (Å²) in [4.78, 5) is 23.2. The minimum atomic E-state index is -0.824. The predicted molar refractivity (Wildman–Crippen MR) is 75.1 cm³/mol. The molecule has 2 atom stereocenters. The number of aliphatic carboxylic acids is 1. The Kier molecular flexibility index (Phi) is 4.24. The zero-order valence-corrected chi connectivity index (χ0v) is 12.2. The van der Waals surface area contributed by atoms with E-state index in [1.54, 1.807) is 12.1 Å². The van der Waals surface area contributed by atoms with Gasteiger partial charge < -0.3 is 10.4 Å². The highest BCUT2D eigenvalue weighted by atomic mass is 79.9. The van der Waals surface area contributed by atoms with Gasteiger partial charge in [-0.1, -0.05) is 22.4 Å². The third kappa shape index (κ3) is 3.15. The van der Waals surface area contributed by atoms with Crippen molar-refractivity contribution in [2.45, 2.75) is 32.2 Å². The van der Waals surface area contributed by atoms with E-state index in [0.717, 1.165) is 22.9 Å². The highest BCUT2D eigenvalue weighted by Gasteiger charge is 2.33. The van der Waals surface area contributed by atoms with Crippen molar-refractivity contribution in [2.24, 2.45) is 5.92 Å². The maximum atomic E-state index is 12.1. The molecule has 1 aromatic rings. The van der Waals surface area contributed by atoms with Crippen molar-refractivity contribution in [3.05, 3.63) is 33.8 Å². The summed E-state index contributed by atoms with van der Waals surface area (Å²) in [5.41, 5.74) is 1.55. The van der Waals surface area contributed by atoms with E-state index in [4.69, 9.17) is 5.11 Å². The van der Waals surface area contributed by atoms with E-state index in [0.29, 0.717) is 12.0 Å². The van der Waals surface area contributed by atoms with Gasteiger partial charge in [-0.25, -0.2) is 0 Å². The second kappa shape index (κ2) is 5.74. The van der Waals surface area contributed by atoms with Gasteiger partial charge in [0.15, 0.2) is 0 Å². The molecular formula is C14H16BrNO3. The molecule has 0 heterocycles. The molecule has 0 radical (unpaired) electrons. The quantitative estimate of drug-likeness (QED) is 0.897. The van der Waals surface area contributed by atoms with E-state index in [2.05, 4.69) is 21.2 Å². The number of nitrogens with one attached hydrogen (secondary N) is 1. The zero-order valence-electron chi connectivity index (χ0n) is 10.6. The summed E-state index contributed by atoms with van der Waals surface area (Å²) >= 11 is 3.39. The molecule has 2 N–H and O–H groups in total. The molecule has 2 unspecified atom stereocenters. The molecule has 1 aliphatic carbocycles. The number of carboxylic acids is 1. The molecule has 1 amide bonds. The largest absolute Gasteiger partial charge is 0.481 e. The molecule has 5 heteroatoms. The van der Waals surface area contributed by atoms with E-state index in [1.165, 1.54) is 0 Å². The summed E-state index contributed by atoms with van der Waals surface area (Å²) in [5, 5.41) is 11.9. The summed E-state index contributed by atoms with van der Waals surface area (Å²) in [5.74, 6) is -1.48. The van der Waals surface area contributed by atoms with E-state index in [1.807, 2.05) is 13.0 Å². The molecule has 1 saturated carbocycles. The predicted octanol–water partition coefficient (Wildman–Crippen LogP) is 2.74. The first-order valence-electron chi connectivity index (χ1n) is 6.29. The zero-order chi connectivity index (χ0) is 14.0. The van der Waals surface area contributed by atoms with Crippen molar-refractivity contribution in [3.63, 3.8) is 0 Å². The van der Waals surface area contributed by atoms with E-state index in [9.17, 15) is 9.59 Å². The van der Waals surface area contributed by atoms with Crippen LogP contribution in [-0.4, -0.2) is 23.0 Å². The third-order valence-electron chi connectivity index (χ3n) is 3.57. The summed E-state index contributed by atoms with van der Waals surface area (Å²) < 4.78 is 0.952. The monoisotopic (exact) mass is 325 g/mol. The number of rotatable bonds is 3. The molecule has 0 aromatic heterocycles. The molecule has 4 nitrogen and oxygen atoms in total. The van der Waals surface area contributed by atoms with Crippen molar-refractivity contribution < 1.29 is 14.7 Å². The summed E-state index contributed by atoms with van der Waals surface area (Å²) in [6.07, 6.45) is 2.22. The van der Waals surface area contributed by atoms with Crippen molar-refractivity contribution in [3.8, 4) is 0 Å². The van der Waals surface area contributed by atoms with Crippen LogP contribution in [0.4, 0.5) is 0 Å². The number of carbonyl (C=O) groups excluding carboxylic acids is 1. The fourth-order valence-corrected chi connectivity index (χ4v) is 2.71. The first-order valence-corrected chi connectivity index (χ1v) is 7.08. The van der Waals surface area contributed by atoms with Gasteiger partial charge >= 0.3 is 5.97 Å². The van der Waals surface area contributed by atoms with Crippen LogP contribution in [0.15, 0.2) is 22.7 Å². The summed E-state index contributed by atoms with van der Waals surface area (Å²) in [7, 11) is 0. The SMILES string of the molecule is Cc1cc(C(=O)NC2CCCC2C(=O)O)ccc1Br. The first kappa shape index (κ1) is 14.1. The number of carboxylic acid groups (broad SMARTS) is 1. The number of benzene rings is 1. The van der Waals surface area contributed by atoms with Crippen LogP contribution in [0.5, 0.6) is 0 Å². The Hall–Kier alpha value is -1.36. The van der Waals surface area contributed by atoms with Gasteiger partial charge in [0, 0.05) is 16.1 Å². The van der Waals surface area contributed by atoms with Crippen LogP contribution < -0.4 is 5.32 Å². The highest BCUT2D eigenvalue weighted by Crippen LogP contribution is 2.26. The van der Waals surface area contributed by atoms with E-state index >= 15 is 0 Å². The van der Waals surface area contributed by atoms with Crippen LogP contribution in [0.3, 0.4) is 0 Å². The van der Waals surface area contributed by atoms with Crippen molar-refractivity contribution in [1.82, 2.24) is 5.32 Å². The van der Waals surface area contributed by atoms with Crippen molar-refractivity contribution in [2.75, 3.05) is 0 Å². The lowest BCUT2D eigenvalue weighted by Gasteiger charge is -2.17. The Morgan fingerprint density at radius 2 is 2.11 bits per heavy atom. The van der Waals surface area contributed by atoms with E-state index < -0.39 is 11.9 Å². The van der Waals surface area contributed by atoms with Crippen LogP contribution in [-0.2, 0) is 4.79 Å². The Balaban J connectivity index is 2.08. The third-order valence-corrected chi connectivity index (χ3v) is 4.46. The molecule has 2 rings (SSSR count). The fraction of sp³-hybridized carbons (Fsp3) is 0.429. The van der Waals surface area contributed by atoms with Gasteiger partial charge in [0.1, 0.15) is 0 Å². The Labute approximate surface area is 120 Å². The number of hydrogen-bond donors (Lipinski definition) is 2. The van der Waals surface area contributed by atoms with Gasteiger partial charge in [-0.2, -0.15) is 0 Å². The molecule has 1 aliphatic rings. The van der Waals surface area contributed by atoms with Gasteiger partial charge in [-0.15, -0.1) is 0 Å². The molecule has 19 heavy (non-hydrogen) atoms. The van der Waals surface area contributed by atoms with Crippen LogP contribution in [0.1, 0.15) is 35.2 Å². The van der Waals surface area contributed by atoms with Gasteiger partial charge in [0.25, 0.3) is 5.91 Å². The van der Waals surface area contributed by atoms with Crippen molar-refractivity contribution >= 4 is 27.8 Å². The highest BCUT2D eigenvalue weighted by molar-refractivity contribution is 9.10. The average Bonchev–Trinajstić information content (AvgIpc) is 2.80. The Morgan fingerprint density at radius 1 is 1.37 bits per heavy atom. The summed E-state index contributed by atoms with van der Waals surface area (Å²) in [6.45, 7) is 1.91. The van der Waals surface area contributed by atoms with Crippen molar-refractivity contribution in [1.29, 1.82) is 0 Å². The lowest BCUT2D eigenvalue weighted by atomic mass is 10.0. The molecule has 0 bridgehead atoms. The molecule has 0 aliphatic heterocycles. The normalized spacial score (nSPS) is 22.2. The van der Waals surface area contributed by atoms with Crippen LogP contribution >= 0.6 is 15.9 Å². The number of hydrogen-bond acceptors (Lipinski definition) is 2. The lowest BCUT2D eigenvalue weighted by Crippen LogP contribution is -2.40. The minimum Gasteiger partial charge on any atom is -0.481 e. The standard InChI is InChI=1S/C14H16BrNO3/c1-8-7-9(5-6-11(8)15)13(17)16-12-4-2-3-10(12)14(18)19/h5-7,10,12H,2-4H2,1H3,(H,16,17)(H,18,19). The smallest absolute Gasteiger partial charge is 0.308 e.